The third-order valence-electron chi connectivity index (χ3n) is 24.2. The van der Waals surface area contributed by atoms with Gasteiger partial charge in [-0.2, -0.15) is 0 Å². The Bertz CT molecular complexity index is 4660. The number of fused-ring (bicyclic) bond motifs is 1. The summed E-state index contributed by atoms with van der Waals surface area (Å²) >= 11 is 0. The highest BCUT2D eigenvalue weighted by molar-refractivity contribution is 6.02. The fourth-order valence-corrected chi connectivity index (χ4v) is 16.0. The molecular weight excluding hydrogens is 1840 g/mol. The number of nitrogens with two attached hydrogens (primary N) is 8. The Balaban J connectivity index is 1.61. The quantitative estimate of drug-likeness (QED) is 0.0255. The first-order chi connectivity index (χ1) is 68.0. The standard InChI is InChI=1S/C101H167N25O17/c1-59(2)51-78(95(137)111-63(9)85(109)127)123-100(142)82(55-67-33-15-13-16-34-67)121-87(129)65(11)112-86(128)64(10)114-96(138)84(57-69-58-110-72-39-20-19-37-70(69)72)126-99(141)81(54-62(7)8)122-94(136)77(44-26-32-50-107)119-97(139)80(53-61(5)6)124-101(143)83(56-68-35-17-14-18-36-68)125-98(140)79(52-60(3)4)120-88(130)66(12)113-90(132)73(40-22-28-46-103)116-92(134)75(42-24-30-48-105)118-93(135)76(43-25-31-49-106)117-91(133)74(41-23-29-47-104)115-89(131)71(108)38-21-27-45-102/h13-20,33-37,39,58-66,71,73-84,110H,21-32,38,40-57,102-108H2,1-12H3,(H2,109,127)(H,111,137)(H,112,128)(H,113,132)(H,114,138)(H,115,131)(H,116,134)(H,117,133)(H,118,135)(H,119,139)(H,120,130)(H,121,129)(H,122,136)(H,123,142)(H,124,143)(H,125,140)(H,126,141)/t63-,64-,65-,66-,71-,73-,74-,75-,76-,77-,78-,79-,80-,81-,82-,83-,84-/m0/s1. The summed E-state index contributed by atoms with van der Waals surface area (Å²) in [6.45, 7) is 21.7. The molecule has 0 bridgehead atoms. The normalized spacial score (nSPS) is 15.0. The number of H-pyrrole nitrogens is 1. The highest BCUT2D eigenvalue weighted by atomic mass is 16.2. The van der Waals surface area contributed by atoms with Gasteiger partial charge in [-0.15, -0.1) is 0 Å². The molecule has 0 aliphatic heterocycles. The van der Waals surface area contributed by atoms with Crippen LogP contribution in [0.15, 0.2) is 91.1 Å². The lowest BCUT2D eigenvalue weighted by Crippen LogP contribution is -2.61. The van der Waals surface area contributed by atoms with Crippen LogP contribution in [0.25, 0.3) is 10.9 Å². The predicted octanol–water partition coefficient (Wildman–Crippen LogP) is -0.197. The predicted molar refractivity (Wildman–Crippen MR) is 548 cm³/mol. The molecule has 0 saturated carbocycles. The summed E-state index contributed by atoms with van der Waals surface area (Å²) in [5.74, 6) is -14.1. The van der Waals surface area contributed by atoms with Crippen molar-refractivity contribution in [1.82, 2.24) is 90.1 Å². The molecule has 0 radical (unpaired) electrons. The van der Waals surface area contributed by atoms with E-state index in [0.717, 1.165) is 0 Å². The molecule has 42 heteroatoms. The Hall–Kier alpha value is -12.1. The molecule has 0 aliphatic carbocycles. The second kappa shape index (κ2) is 66.7. The highest BCUT2D eigenvalue weighted by Gasteiger charge is 2.40. The van der Waals surface area contributed by atoms with Crippen molar-refractivity contribution in [3.05, 3.63) is 108 Å². The number of para-hydroxylation sites is 1. The number of carbonyl (C=O) groups is 17. The smallest absolute Gasteiger partial charge is 0.243 e. The zero-order valence-corrected chi connectivity index (χ0v) is 85.8. The molecule has 0 aliphatic rings. The van der Waals surface area contributed by atoms with E-state index < -0.39 is 203 Å². The van der Waals surface area contributed by atoms with E-state index in [-0.39, 0.29) is 127 Å². The lowest BCUT2D eigenvalue weighted by atomic mass is 9.98. The number of aromatic amines is 1. The van der Waals surface area contributed by atoms with Crippen LogP contribution < -0.4 is 131 Å². The molecule has 0 saturated heterocycles. The number of unbranched alkanes of at least 4 members (excludes halogenated alkanes) is 6. The first-order valence-corrected chi connectivity index (χ1v) is 50.7. The molecule has 4 rings (SSSR count). The maximum absolute atomic E-state index is 15.2. The topological polar surface area (TPSA) is 707 Å². The summed E-state index contributed by atoms with van der Waals surface area (Å²) in [6, 6.07) is 2.83. The van der Waals surface area contributed by atoms with Gasteiger partial charge in [0.1, 0.15) is 96.7 Å². The van der Waals surface area contributed by atoms with Gasteiger partial charge in [-0.3, -0.25) is 81.5 Å². The monoisotopic (exact) mass is 2000 g/mol. The van der Waals surface area contributed by atoms with Crippen molar-refractivity contribution >= 4 is 111 Å². The molecule has 3 aromatic carbocycles. The van der Waals surface area contributed by atoms with E-state index in [4.69, 9.17) is 45.9 Å². The van der Waals surface area contributed by atoms with E-state index in [9.17, 15) is 62.3 Å². The van der Waals surface area contributed by atoms with Crippen LogP contribution in [0, 0.1) is 23.7 Å². The van der Waals surface area contributed by atoms with Crippen LogP contribution in [0.2, 0.25) is 0 Å². The van der Waals surface area contributed by atoms with E-state index >= 15 is 19.2 Å². The lowest BCUT2D eigenvalue weighted by molar-refractivity contribution is -0.136. The third kappa shape index (κ3) is 46.5. The minimum Gasteiger partial charge on any atom is -0.368 e. The fourth-order valence-electron chi connectivity index (χ4n) is 16.0. The van der Waals surface area contributed by atoms with Crippen LogP contribution in [0.1, 0.15) is 241 Å². The van der Waals surface area contributed by atoms with Gasteiger partial charge in [0.05, 0.1) is 6.04 Å². The zero-order chi connectivity index (χ0) is 106. The molecule has 42 nitrogen and oxygen atoms in total. The van der Waals surface area contributed by atoms with E-state index in [1.54, 1.807) is 121 Å². The average molecular weight is 2000 g/mol. The van der Waals surface area contributed by atoms with E-state index in [2.05, 4.69) is 90.1 Å². The number of hydrogen-bond acceptors (Lipinski definition) is 24. The van der Waals surface area contributed by atoms with E-state index in [1.807, 2.05) is 26.0 Å². The summed E-state index contributed by atoms with van der Waals surface area (Å²) in [4.78, 5) is 247. The summed E-state index contributed by atoms with van der Waals surface area (Å²) in [6.07, 6.45) is 7.51. The van der Waals surface area contributed by atoms with Crippen molar-refractivity contribution in [3.8, 4) is 0 Å². The third-order valence-corrected chi connectivity index (χ3v) is 24.2. The van der Waals surface area contributed by atoms with Gasteiger partial charge in [-0.1, -0.05) is 141 Å². The molecule has 33 N–H and O–H groups in total. The largest absolute Gasteiger partial charge is 0.368 e. The van der Waals surface area contributed by atoms with Gasteiger partial charge < -0.3 is 136 Å². The first-order valence-electron chi connectivity index (χ1n) is 50.7. The number of benzene rings is 3. The van der Waals surface area contributed by atoms with Crippen LogP contribution in [-0.2, 0) is 101 Å². The summed E-state index contributed by atoms with van der Waals surface area (Å²) in [5, 5.41) is 44.6. The Morgan fingerprint density at radius 2 is 0.469 bits per heavy atom. The van der Waals surface area contributed by atoms with Crippen molar-refractivity contribution in [3.63, 3.8) is 0 Å². The molecule has 4 aromatic rings. The molecule has 17 atom stereocenters. The minimum absolute atomic E-state index is 0.0000497. The number of carbonyl (C=O) groups excluding carboxylic acids is 17. The number of hydrogen-bond donors (Lipinski definition) is 25. The molecule has 17 amide bonds. The number of amides is 17. The molecule has 1 aromatic heterocycles. The number of primary amides is 1. The van der Waals surface area contributed by atoms with Crippen molar-refractivity contribution < 1.29 is 81.5 Å². The maximum atomic E-state index is 15.2. The minimum atomic E-state index is -1.44. The molecule has 798 valence electrons. The molecule has 0 fully saturated rings. The van der Waals surface area contributed by atoms with Crippen molar-refractivity contribution in [2.75, 3.05) is 39.3 Å². The van der Waals surface area contributed by atoms with Gasteiger partial charge in [-0.25, -0.2) is 0 Å². The SMILES string of the molecule is CC(C)C[C@H](NC(=O)[C@H](C)NC(=O)[C@H](CCCCN)NC(=O)[C@H](CCCCN)NC(=O)[C@H](CCCCN)NC(=O)[C@H](CCCCN)NC(=O)[C@@H](N)CCCCN)C(=O)N[C@@H](Cc1ccccc1)C(=O)N[C@@H](CC(C)C)C(=O)N[C@@H](CCCCN)C(=O)N[C@@H](CC(C)C)C(=O)N[C@@H](Cc1c[nH]c2ccccc12)C(=O)N[C@@H](C)C(=O)N[C@@H](C)C(=O)N[C@@H](Cc1ccccc1)C(=O)N[C@@H](CC(C)C)C(=O)N[C@@H](C)C(N)=O. The van der Waals surface area contributed by atoms with Crippen LogP contribution in [-0.4, -0.2) is 247 Å². The summed E-state index contributed by atoms with van der Waals surface area (Å²) < 4.78 is 0. The van der Waals surface area contributed by atoms with Crippen LogP contribution in [0.3, 0.4) is 0 Å². The van der Waals surface area contributed by atoms with Gasteiger partial charge in [0.25, 0.3) is 0 Å². The zero-order valence-electron chi connectivity index (χ0n) is 85.8. The first kappa shape index (κ1) is 123. The average Bonchev–Trinajstić information content (AvgIpc) is 1.58. The second-order valence-electron chi connectivity index (χ2n) is 38.8. The van der Waals surface area contributed by atoms with Crippen LogP contribution >= 0.6 is 0 Å². The van der Waals surface area contributed by atoms with Crippen molar-refractivity contribution in [2.24, 2.45) is 69.5 Å². The van der Waals surface area contributed by atoms with Crippen LogP contribution in [0.4, 0.5) is 0 Å². The Morgan fingerprint density at radius 1 is 0.245 bits per heavy atom. The van der Waals surface area contributed by atoms with Gasteiger partial charge in [-0.05, 0) is 248 Å². The molecule has 0 spiro atoms. The number of rotatable bonds is 71. The Labute approximate surface area is 841 Å². The summed E-state index contributed by atoms with van der Waals surface area (Å²) in [7, 11) is 0. The Morgan fingerprint density at radius 3 is 0.790 bits per heavy atom. The maximum Gasteiger partial charge on any atom is 0.243 e. The Kier molecular flexibility index (Phi) is 57.5. The molecule has 1 heterocycles. The molecule has 0 unspecified atom stereocenters. The molecule has 143 heavy (non-hydrogen) atoms. The van der Waals surface area contributed by atoms with Gasteiger partial charge in [0.15, 0.2) is 0 Å². The second-order valence-corrected chi connectivity index (χ2v) is 38.8. The van der Waals surface area contributed by atoms with Crippen molar-refractivity contribution in [2.45, 2.75) is 346 Å². The molecular formula is C101H167N25O17. The van der Waals surface area contributed by atoms with Crippen LogP contribution in [0.5, 0.6) is 0 Å². The number of aromatic nitrogens is 1. The number of nitrogens with one attached hydrogen (secondary N) is 17. The van der Waals surface area contributed by atoms with E-state index in [0.29, 0.717) is 124 Å². The van der Waals surface area contributed by atoms with Gasteiger partial charge >= 0.3 is 0 Å². The van der Waals surface area contributed by atoms with Gasteiger partial charge in [0, 0.05) is 36.4 Å². The highest BCUT2D eigenvalue weighted by Crippen LogP contribution is 2.22. The fraction of sp³-hybridized carbons (Fsp3) is 0.634. The lowest BCUT2D eigenvalue weighted by Gasteiger charge is -2.29. The van der Waals surface area contributed by atoms with E-state index in [1.165, 1.54) is 27.7 Å². The van der Waals surface area contributed by atoms with Crippen molar-refractivity contribution in [1.29, 1.82) is 0 Å². The van der Waals surface area contributed by atoms with Gasteiger partial charge in [0.2, 0.25) is 100 Å². The summed E-state index contributed by atoms with van der Waals surface area (Å²) in [5.41, 5.74) is 49.2.